The Labute approximate surface area is 182 Å². The number of aliphatic hydroxyl groups is 1. The number of hydrogen-bond acceptors (Lipinski definition) is 5. The van der Waals surface area contributed by atoms with Gasteiger partial charge >= 0.3 is 0 Å². The van der Waals surface area contributed by atoms with Gasteiger partial charge in [0.1, 0.15) is 11.4 Å². The van der Waals surface area contributed by atoms with E-state index in [1.165, 1.54) is 5.56 Å². The number of pyridine rings is 1. The maximum absolute atomic E-state index is 12.2. The molecule has 0 radical (unpaired) electrons. The third-order valence-corrected chi connectivity index (χ3v) is 5.28. The van der Waals surface area contributed by atoms with Crippen molar-refractivity contribution in [2.45, 2.75) is 38.3 Å². The number of hydrogen-bond donors (Lipinski definition) is 2. The standard InChI is InChI=1S/C25H26N4O2/c1-25(2,31)11-7-18-3-5-19(6-4-18)16-29-14-10-21(17-29)22-15-23(30)28-24(27-22)20-8-12-26-13-9-20/h3-6,8-9,12-13,15,21,31H,10,14,16-17H2,1-2H3,(H,27,28,30). The van der Waals surface area contributed by atoms with Gasteiger partial charge in [-0.25, -0.2) is 4.98 Å². The maximum atomic E-state index is 12.2. The summed E-state index contributed by atoms with van der Waals surface area (Å²) in [5.41, 5.74) is 2.69. The van der Waals surface area contributed by atoms with Gasteiger partial charge in [0.05, 0.1) is 5.69 Å². The maximum Gasteiger partial charge on any atom is 0.251 e. The molecule has 3 heterocycles. The van der Waals surface area contributed by atoms with E-state index in [0.29, 0.717) is 5.82 Å². The Bertz CT molecular complexity index is 1150. The third kappa shape index (κ3) is 5.66. The first-order chi connectivity index (χ1) is 14.9. The van der Waals surface area contributed by atoms with Gasteiger partial charge in [0, 0.05) is 48.6 Å². The molecular weight excluding hydrogens is 388 g/mol. The lowest BCUT2D eigenvalue weighted by molar-refractivity contribution is 0.143. The van der Waals surface area contributed by atoms with Crippen LogP contribution in [0.5, 0.6) is 0 Å². The summed E-state index contributed by atoms with van der Waals surface area (Å²) in [5.74, 6) is 6.66. The van der Waals surface area contributed by atoms with Crippen molar-refractivity contribution in [1.29, 1.82) is 0 Å². The molecule has 1 aromatic carbocycles. The molecule has 1 unspecified atom stereocenters. The van der Waals surface area contributed by atoms with E-state index in [-0.39, 0.29) is 11.5 Å². The molecule has 4 rings (SSSR count). The Balaban J connectivity index is 1.42. The second kappa shape index (κ2) is 8.84. The Kier molecular flexibility index (Phi) is 5.99. The molecular formula is C25H26N4O2. The molecule has 6 heteroatoms. The average molecular weight is 415 g/mol. The Morgan fingerprint density at radius 3 is 2.65 bits per heavy atom. The zero-order valence-corrected chi connectivity index (χ0v) is 17.8. The second-order valence-electron chi connectivity index (χ2n) is 8.48. The Hall–Kier alpha value is -3.27. The molecule has 1 aliphatic rings. The monoisotopic (exact) mass is 414 g/mol. The summed E-state index contributed by atoms with van der Waals surface area (Å²) in [6, 6.07) is 13.4. The minimum atomic E-state index is -0.992. The van der Waals surface area contributed by atoms with Gasteiger partial charge < -0.3 is 10.1 Å². The van der Waals surface area contributed by atoms with Gasteiger partial charge in [0.2, 0.25) is 0 Å². The molecule has 0 bridgehead atoms. The van der Waals surface area contributed by atoms with E-state index in [0.717, 1.165) is 42.9 Å². The minimum absolute atomic E-state index is 0.127. The molecule has 3 aromatic rings. The first kappa shape index (κ1) is 21.0. The van der Waals surface area contributed by atoms with E-state index in [4.69, 9.17) is 4.98 Å². The molecule has 1 aliphatic heterocycles. The summed E-state index contributed by atoms with van der Waals surface area (Å²) in [5, 5.41) is 9.73. The first-order valence-corrected chi connectivity index (χ1v) is 10.4. The van der Waals surface area contributed by atoms with Crippen LogP contribution in [0.25, 0.3) is 11.4 Å². The van der Waals surface area contributed by atoms with Crippen LogP contribution in [-0.4, -0.2) is 43.6 Å². The number of likely N-dealkylation sites (tertiary alicyclic amines) is 1. The van der Waals surface area contributed by atoms with E-state index in [1.807, 2.05) is 24.3 Å². The number of aromatic nitrogens is 3. The molecule has 1 fully saturated rings. The normalized spacial score (nSPS) is 16.7. The fourth-order valence-corrected chi connectivity index (χ4v) is 3.73. The Morgan fingerprint density at radius 2 is 1.94 bits per heavy atom. The zero-order valence-electron chi connectivity index (χ0n) is 17.8. The van der Waals surface area contributed by atoms with Crippen molar-refractivity contribution in [3.8, 4) is 23.2 Å². The topological polar surface area (TPSA) is 82.1 Å². The van der Waals surface area contributed by atoms with Crippen LogP contribution in [0.2, 0.25) is 0 Å². The molecule has 1 atom stereocenters. The van der Waals surface area contributed by atoms with Crippen LogP contribution in [0, 0.1) is 11.8 Å². The predicted octanol–water partition coefficient (Wildman–Crippen LogP) is 2.94. The lowest BCUT2D eigenvalue weighted by Gasteiger charge is -2.16. The molecule has 2 aromatic heterocycles. The summed E-state index contributed by atoms with van der Waals surface area (Å²) in [4.78, 5) is 26.2. The highest BCUT2D eigenvalue weighted by Gasteiger charge is 2.25. The molecule has 0 saturated carbocycles. The predicted molar refractivity (Wildman–Crippen MR) is 120 cm³/mol. The molecule has 0 spiro atoms. The van der Waals surface area contributed by atoms with Crippen LogP contribution in [-0.2, 0) is 6.54 Å². The van der Waals surface area contributed by atoms with Gasteiger partial charge in [-0.15, -0.1) is 0 Å². The largest absolute Gasteiger partial charge is 0.378 e. The van der Waals surface area contributed by atoms with E-state index in [1.54, 1.807) is 32.3 Å². The molecule has 158 valence electrons. The van der Waals surface area contributed by atoms with Crippen molar-refractivity contribution < 1.29 is 5.11 Å². The van der Waals surface area contributed by atoms with Crippen LogP contribution in [0.15, 0.2) is 59.7 Å². The van der Waals surface area contributed by atoms with Gasteiger partial charge in [-0.1, -0.05) is 24.0 Å². The van der Waals surface area contributed by atoms with Crippen molar-refractivity contribution in [3.63, 3.8) is 0 Å². The van der Waals surface area contributed by atoms with E-state index >= 15 is 0 Å². The summed E-state index contributed by atoms with van der Waals surface area (Å²) in [6.45, 7) is 6.02. The quantitative estimate of drug-likeness (QED) is 0.642. The fraction of sp³-hybridized carbons (Fsp3) is 0.320. The second-order valence-corrected chi connectivity index (χ2v) is 8.48. The highest BCUT2D eigenvalue weighted by molar-refractivity contribution is 5.53. The SMILES string of the molecule is CC(C)(O)C#Cc1ccc(CN2CCC(c3cc(=O)[nH]c(-c4ccncc4)n3)C2)cc1. The van der Waals surface area contributed by atoms with Gasteiger partial charge in [0.15, 0.2) is 0 Å². The van der Waals surface area contributed by atoms with Crippen molar-refractivity contribution >= 4 is 0 Å². The van der Waals surface area contributed by atoms with E-state index < -0.39 is 5.60 Å². The number of rotatable bonds is 4. The number of aromatic amines is 1. The number of benzene rings is 1. The van der Waals surface area contributed by atoms with Gasteiger partial charge in [-0.3, -0.25) is 14.7 Å². The van der Waals surface area contributed by atoms with Gasteiger partial charge in [-0.05, 0) is 56.6 Å². The van der Waals surface area contributed by atoms with Crippen molar-refractivity contribution in [2.75, 3.05) is 13.1 Å². The minimum Gasteiger partial charge on any atom is -0.378 e. The smallest absolute Gasteiger partial charge is 0.251 e. The zero-order chi connectivity index (χ0) is 21.8. The highest BCUT2D eigenvalue weighted by Crippen LogP contribution is 2.27. The molecule has 0 aliphatic carbocycles. The number of nitrogens with one attached hydrogen (secondary N) is 1. The number of H-pyrrole nitrogens is 1. The molecule has 2 N–H and O–H groups in total. The summed E-state index contributed by atoms with van der Waals surface area (Å²) in [6.07, 6.45) is 4.36. The van der Waals surface area contributed by atoms with Crippen LogP contribution in [0.4, 0.5) is 0 Å². The first-order valence-electron chi connectivity index (χ1n) is 10.4. The van der Waals surface area contributed by atoms with Gasteiger partial charge in [0.25, 0.3) is 5.56 Å². The van der Waals surface area contributed by atoms with Crippen molar-refractivity contribution in [3.05, 3.63) is 82.0 Å². The Morgan fingerprint density at radius 1 is 1.19 bits per heavy atom. The summed E-state index contributed by atoms with van der Waals surface area (Å²) < 4.78 is 0. The lowest BCUT2D eigenvalue weighted by atomic mass is 10.0. The molecule has 1 saturated heterocycles. The fourth-order valence-electron chi connectivity index (χ4n) is 3.73. The molecule has 6 nitrogen and oxygen atoms in total. The summed E-state index contributed by atoms with van der Waals surface area (Å²) in [7, 11) is 0. The van der Waals surface area contributed by atoms with Crippen molar-refractivity contribution in [1.82, 2.24) is 19.9 Å². The van der Waals surface area contributed by atoms with Gasteiger partial charge in [-0.2, -0.15) is 0 Å². The van der Waals surface area contributed by atoms with Crippen LogP contribution in [0.1, 0.15) is 43.0 Å². The average Bonchev–Trinajstić information content (AvgIpc) is 3.21. The summed E-state index contributed by atoms with van der Waals surface area (Å²) >= 11 is 0. The molecule has 0 amide bonds. The number of nitrogens with zero attached hydrogens (tertiary/aromatic N) is 3. The van der Waals surface area contributed by atoms with E-state index in [2.05, 4.69) is 38.8 Å². The molecule has 31 heavy (non-hydrogen) atoms. The lowest BCUT2D eigenvalue weighted by Crippen LogP contribution is -2.20. The third-order valence-electron chi connectivity index (χ3n) is 5.28. The van der Waals surface area contributed by atoms with Crippen LogP contribution in [0.3, 0.4) is 0 Å². The van der Waals surface area contributed by atoms with E-state index in [9.17, 15) is 9.90 Å². The van der Waals surface area contributed by atoms with Crippen LogP contribution >= 0.6 is 0 Å². The van der Waals surface area contributed by atoms with Crippen molar-refractivity contribution in [2.24, 2.45) is 0 Å². The van der Waals surface area contributed by atoms with Crippen LogP contribution < -0.4 is 5.56 Å². The highest BCUT2D eigenvalue weighted by atomic mass is 16.3.